The Morgan fingerprint density at radius 3 is 2.23 bits per heavy atom. The SMILES string of the molecule is O=C1c2ccccc2C(=O)c2c(NC[C@@H](O)CO)cccc21. The molecule has 1 aliphatic rings. The fourth-order valence-electron chi connectivity index (χ4n) is 2.58. The van der Waals surface area contributed by atoms with Crippen LogP contribution in [0.5, 0.6) is 0 Å². The Balaban J connectivity index is 2.05. The molecule has 0 unspecified atom stereocenters. The summed E-state index contributed by atoms with van der Waals surface area (Å²) in [6.07, 6.45) is -0.933. The van der Waals surface area contributed by atoms with E-state index >= 15 is 0 Å². The van der Waals surface area contributed by atoms with Crippen LogP contribution in [0.1, 0.15) is 31.8 Å². The molecule has 0 aromatic heterocycles. The Labute approximate surface area is 127 Å². The lowest BCUT2D eigenvalue weighted by atomic mass is 9.83. The molecule has 0 spiro atoms. The van der Waals surface area contributed by atoms with Gasteiger partial charge in [-0.2, -0.15) is 0 Å². The van der Waals surface area contributed by atoms with E-state index in [1.807, 2.05) is 0 Å². The molecule has 3 rings (SSSR count). The van der Waals surface area contributed by atoms with Crippen LogP contribution in [0.4, 0.5) is 5.69 Å². The molecule has 0 saturated heterocycles. The normalized spacial score (nSPS) is 14.3. The molecule has 1 atom stereocenters. The molecule has 0 saturated carbocycles. The number of anilines is 1. The number of nitrogens with one attached hydrogen (secondary N) is 1. The van der Waals surface area contributed by atoms with Crippen molar-refractivity contribution in [3.05, 3.63) is 64.7 Å². The van der Waals surface area contributed by atoms with Crippen LogP contribution in [0, 0.1) is 0 Å². The number of carbonyl (C=O) groups is 2. The predicted octanol–water partition coefficient (Wildman–Crippen LogP) is 1.23. The number of ketones is 2. The van der Waals surface area contributed by atoms with E-state index in [9.17, 15) is 14.7 Å². The third-order valence-corrected chi connectivity index (χ3v) is 3.69. The first kappa shape index (κ1) is 14.4. The highest BCUT2D eigenvalue weighted by Gasteiger charge is 2.31. The van der Waals surface area contributed by atoms with Crippen molar-refractivity contribution in [2.24, 2.45) is 0 Å². The molecule has 5 heteroatoms. The molecule has 0 bridgehead atoms. The van der Waals surface area contributed by atoms with Gasteiger partial charge in [-0.1, -0.05) is 36.4 Å². The maximum atomic E-state index is 12.7. The number of benzene rings is 2. The number of hydrogen-bond donors (Lipinski definition) is 3. The summed E-state index contributed by atoms with van der Waals surface area (Å²) in [5.41, 5.74) is 1.95. The summed E-state index contributed by atoms with van der Waals surface area (Å²) in [6.45, 7) is -0.284. The van der Waals surface area contributed by atoms with Gasteiger partial charge in [0.25, 0.3) is 0 Å². The zero-order chi connectivity index (χ0) is 15.7. The highest BCUT2D eigenvalue weighted by molar-refractivity contribution is 6.30. The second-order valence-corrected chi connectivity index (χ2v) is 5.15. The first-order valence-electron chi connectivity index (χ1n) is 6.97. The quantitative estimate of drug-likeness (QED) is 0.674. The van der Waals surface area contributed by atoms with E-state index < -0.39 is 6.10 Å². The minimum Gasteiger partial charge on any atom is -0.394 e. The van der Waals surface area contributed by atoms with Crippen LogP contribution in [0.3, 0.4) is 0 Å². The average molecular weight is 297 g/mol. The van der Waals surface area contributed by atoms with Crippen LogP contribution in [-0.4, -0.2) is 41.0 Å². The van der Waals surface area contributed by atoms with Gasteiger partial charge in [-0.15, -0.1) is 0 Å². The van der Waals surface area contributed by atoms with E-state index in [0.717, 1.165) is 0 Å². The summed E-state index contributed by atoms with van der Waals surface area (Å²) >= 11 is 0. The van der Waals surface area contributed by atoms with Crippen molar-refractivity contribution in [3.63, 3.8) is 0 Å². The maximum Gasteiger partial charge on any atom is 0.196 e. The van der Waals surface area contributed by atoms with E-state index in [1.54, 1.807) is 42.5 Å². The number of hydrogen-bond acceptors (Lipinski definition) is 5. The van der Waals surface area contributed by atoms with Gasteiger partial charge in [-0.25, -0.2) is 0 Å². The average Bonchev–Trinajstić information content (AvgIpc) is 2.57. The molecule has 2 aromatic carbocycles. The second-order valence-electron chi connectivity index (χ2n) is 5.15. The number of aliphatic hydroxyl groups excluding tert-OH is 2. The zero-order valence-electron chi connectivity index (χ0n) is 11.7. The summed E-state index contributed by atoms with van der Waals surface area (Å²) in [4.78, 5) is 25.2. The van der Waals surface area contributed by atoms with Crippen LogP contribution >= 0.6 is 0 Å². The largest absolute Gasteiger partial charge is 0.394 e. The standard InChI is InChI=1S/C17H15NO4/c19-9-10(20)8-18-14-7-3-6-13-15(14)17(22)12-5-2-1-4-11(12)16(13)21/h1-7,10,18-20H,8-9H2/t10-/m1/s1. The first-order valence-corrected chi connectivity index (χ1v) is 6.97. The molecule has 22 heavy (non-hydrogen) atoms. The van der Waals surface area contributed by atoms with Crippen LogP contribution in [0.25, 0.3) is 0 Å². The Hall–Kier alpha value is -2.50. The topological polar surface area (TPSA) is 86.6 Å². The summed E-state index contributed by atoms with van der Waals surface area (Å²) in [5, 5.41) is 21.2. The molecule has 2 aromatic rings. The second kappa shape index (κ2) is 5.71. The van der Waals surface area contributed by atoms with Crippen LogP contribution in [0.15, 0.2) is 42.5 Å². The number of carbonyl (C=O) groups excluding carboxylic acids is 2. The lowest BCUT2D eigenvalue weighted by Gasteiger charge is -2.21. The molecule has 5 nitrogen and oxygen atoms in total. The minimum atomic E-state index is -0.933. The van der Waals surface area contributed by atoms with Crippen molar-refractivity contribution in [2.75, 3.05) is 18.5 Å². The van der Waals surface area contributed by atoms with E-state index in [4.69, 9.17) is 5.11 Å². The molecule has 1 aliphatic carbocycles. The molecule has 0 radical (unpaired) electrons. The highest BCUT2D eigenvalue weighted by Crippen LogP contribution is 2.31. The van der Waals surface area contributed by atoms with Gasteiger partial charge < -0.3 is 15.5 Å². The van der Waals surface area contributed by atoms with Crippen molar-refractivity contribution in [3.8, 4) is 0 Å². The molecule has 112 valence electrons. The molecule has 0 heterocycles. The smallest absolute Gasteiger partial charge is 0.196 e. The van der Waals surface area contributed by atoms with Crippen molar-refractivity contribution in [1.82, 2.24) is 0 Å². The number of fused-ring (bicyclic) bond motifs is 2. The predicted molar refractivity (Wildman–Crippen MR) is 81.3 cm³/mol. The molecular formula is C17H15NO4. The fourth-order valence-corrected chi connectivity index (χ4v) is 2.58. The van der Waals surface area contributed by atoms with E-state index in [1.165, 1.54) is 0 Å². The Morgan fingerprint density at radius 1 is 0.909 bits per heavy atom. The summed E-state index contributed by atoms with van der Waals surface area (Å²) < 4.78 is 0. The number of aliphatic hydroxyl groups is 2. The molecule has 3 N–H and O–H groups in total. The molecular weight excluding hydrogens is 282 g/mol. The van der Waals surface area contributed by atoms with E-state index in [0.29, 0.717) is 27.9 Å². The Kier molecular flexibility index (Phi) is 3.75. The van der Waals surface area contributed by atoms with Gasteiger partial charge >= 0.3 is 0 Å². The molecule has 0 amide bonds. The summed E-state index contributed by atoms with van der Waals surface area (Å²) in [5.74, 6) is -0.400. The van der Waals surface area contributed by atoms with Gasteiger partial charge in [-0.3, -0.25) is 9.59 Å². The lowest BCUT2D eigenvalue weighted by Crippen LogP contribution is -2.26. The third kappa shape index (κ3) is 2.30. The van der Waals surface area contributed by atoms with Crippen molar-refractivity contribution in [1.29, 1.82) is 0 Å². The van der Waals surface area contributed by atoms with Crippen LogP contribution < -0.4 is 5.32 Å². The minimum absolute atomic E-state index is 0.0933. The van der Waals surface area contributed by atoms with Crippen molar-refractivity contribution in [2.45, 2.75) is 6.10 Å². The zero-order valence-corrected chi connectivity index (χ0v) is 11.7. The third-order valence-electron chi connectivity index (χ3n) is 3.69. The summed E-state index contributed by atoms with van der Waals surface area (Å²) in [7, 11) is 0. The van der Waals surface area contributed by atoms with Gasteiger partial charge in [0.05, 0.1) is 18.3 Å². The Bertz CT molecular complexity index is 754. The lowest BCUT2D eigenvalue weighted by molar-refractivity contribution is 0.0978. The summed E-state index contributed by atoms with van der Waals surface area (Å²) in [6, 6.07) is 11.7. The van der Waals surface area contributed by atoms with Crippen molar-refractivity contribution < 1.29 is 19.8 Å². The monoisotopic (exact) mass is 297 g/mol. The van der Waals surface area contributed by atoms with E-state index in [2.05, 4.69) is 5.32 Å². The molecule has 0 aliphatic heterocycles. The van der Waals surface area contributed by atoms with Crippen LogP contribution in [-0.2, 0) is 0 Å². The van der Waals surface area contributed by atoms with Gasteiger partial charge in [0.2, 0.25) is 0 Å². The van der Waals surface area contributed by atoms with Crippen molar-refractivity contribution >= 4 is 17.3 Å². The van der Waals surface area contributed by atoms with Gasteiger partial charge in [-0.05, 0) is 6.07 Å². The first-order chi connectivity index (χ1) is 10.6. The van der Waals surface area contributed by atoms with Gasteiger partial charge in [0.15, 0.2) is 11.6 Å². The fraction of sp³-hybridized carbons (Fsp3) is 0.176. The van der Waals surface area contributed by atoms with Crippen LogP contribution in [0.2, 0.25) is 0 Å². The molecule has 0 fully saturated rings. The maximum absolute atomic E-state index is 12.7. The van der Waals surface area contributed by atoms with Gasteiger partial charge in [0.1, 0.15) is 0 Å². The Morgan fingerprint density at radius 2 is 1.55 bits per heavy atom. The van der Waals surface area contributed by atoms with E-state index in [-0.39, 0.29) is 24.7 Å². The highest BCUT2D eigenvalue weighted by atomic mass is 16.3. The number of rotatable bonds is 4. The van der Waals surface area contributed by atoms with Gasteiger partial charge in [0, 0.05) is 28.9 Å².